The molecule has 1 nitrogen and oxygen atoms in total. The zero-order chi connectivity index (χ0) is 18.0. The molecule has 4 aliphatic carbocycles. The highest BCUT2D eigenvalue weighted by atomic mass is 14.7. The SMILES string of the molecule is C=CC1=C(N)C=C2CCC3C(CCC4(C)C(C(=C)C)CCC34)C2(C)C1. The van der Waals surface area contributed by atoms with Gasteiger partial charge >= 0.3 is 0 Å². The fourth-order valence-corrected chi connectivity index (χ4v) is 7.59. The van der Waals surface area contributed by atoms with E-state index in [1.54, 1.807) is 5.57 Å². The maximum Gasteiger partial charge on any atom is 0.0346 e. The van der Waals surface area contributed by atoms with Crippen LogP contribution in [0.25, 0.3) is 0 Å². The molecular weight excluding hydrogens is 302 g/mol. The first kappa shape index (κ1) is 17.2. The van der Waals surface area contributed by atoms with E-state index in [-0.39, 0.29) is 0 Å². The van der Waals surface area contributed by atoms with Gasteiger partial charge in [-0.3, -0.25) is 0 Å². The largest absolute Gasteiger partial charge is 0.399 e. The molecule has 25 heavy (non-hydrogen) atoms. The summed E-state index contributed by atoms with van der Waals surface area (Å²) in [6.07, 6.45) is 13.5. The summed E-state index contributed by atoms with van der Waals surface area (Å²) in [5, 5.41) is 0. The number of rotatable bonds is 2. The second kappa shape index (κ2) is 5.63. The summed E-state index contributed by atoms with van der Waals surface area (Å²) in [6, 6.07) is 0. The molecule has 0 heterocycles. The third-order valence-corrected chi connectivity index (χ3v) is 8.84. The Hall–Kier alpha value is -1.24. The molecule has 0 spiro atoms. The van der Waals surface area contributed by atoms with Crippen LogP contribution >= 0.6 is 0 Å². The van der Waals surface area contributed by atoms with E-state index in [4.69, 9.17) is 5.73 Å². The summed E-state index contributed by atoms with van der Waals surface area (Å²) in [4.78, 5) is 0. The van der Waals surface area contributed by atoms with Gasteiger partial charge < -0.3 is 5.73 Å². The van der Waals surface area contributed by atoms with Crippen LogP contribution in [0, 0.1) is 34.5 Å². The zero-order valence-corrected chi connectivity index (χ0v) is 16.4. The van der Waals surface area contributed by atoms with E-state index in [9.17, 15) is 0 Å². The van der Waals surface area contributed by atoms with Crippen LogP contribution in [0.4, 0.5) is 0 Å². The van der Waals surface area contributed by atoms with Crippen LogP contribution in [0.5, 0.6) is 0 Å². The van der Waals surface area contributed by atoms with E-state index < -0.39 is 0 Å². The van der Waals surface area contributed by atoms with Crippen LogP contribution in [0.15, 0.2) is 47.7 Å². The molecular formula is C24H35N. The number of hydrogen-bond acceptors (Lipinski definition) is 1. The normalized spacial score (nSPS) is 46.0. The number of allylic oxidation sites excluding steroid dienone is 5. The summed E-state index contributed by atoms with van der Waals surface area (Å²) in [6.45, 7) is 15.7. The molecule has 0 radical (unpaired) electrons. The Kier molecular flexibility index (Phi) is 3.87. The van der Waals surface area contributed by atoms with Gasteiger partial charge in [0.1, 0.15) is 0 Å². The molecule has 0 aliphatic heterocycles. The minimum absolute atomic E-state index is 0.304. The minimum Gasteiger partial charge on any atom is -0.399 e. The van der Waals surface area contributed by atoms with Crippen molar-refractivity contribution in [2.24, 2.45) is 40.2 Å². The Morgan fingerprint density at radius 2 is 1.96 bits per heavy atom. The monoisotopic (exact) mass is 337 g/mol. The van der Waals surface area contributed by atoms with Crippen molar-refractivity contribution in [1.82, 2.24) is 0 Å². The predicted molar refractivity (Wildman–Crippen MR) is 107 cm³/mol. The number of fused-ring (bicyclic) bond motifs is 5. The Morgan fingerprint density at radius 1 is 1.20 bits per heavy atom. The molecule has 6 atom stereocenters. The van der Waals surface area contributed by atoms with E-state index in [0.29, 0.717) is 10.8 Å². The quantitative estimate of drug-likeness (QED) is 0.601. The van der Waals surface area contributed by atoms with Gasteiger partial charge in [0.05, 0.1) is 0 Å². The molecule has 0 saturated heterocycles. The lowest BCUT2D eigenvalue weighted by molar-refractivity contribution is -0.0417. The minimum atomic E-state index is 0.304. The Balaban J connectivity index is 1.68. The van der Waals surface area contributed by atoms with Crippen molar-refractivity contribution in [2.75, 3.05) is 0 Å². The average molecular weight is 338 g/mol. The van der Waals surface area contributed by atoms with E-state index in [1.807, 2.05) is 6.08 Å². The van der Waals surface area contributed by atoms with Crippen molar-refractivity contribution in [3.05, 3.63) is 47.7 Å². The lowest BCUT2D eigenvalue weighted by Crippen LogP contribution is -2.50. The molecule has 6 unspecified atom stereocenters. The topological polar surface area (TPSA) is 26.0 Å². The van der Waals surface area contributed by atoms with Crippen molar-refractivity contribution in [1.29, 1.82) is 0 Å². The molecule has 4 rings (SSSR count). The lowest BCUT2D eigenvalue weighted by Gasteiger charge is -2.58. The lowest BCUT2D eigenvalue weighted by atomic mass is 9.46. The molecule has 2 N–H and O–H groups in total. The van der Waals surface area contributed by atoms with Crippen LogP contribution in [-0.2, 0) is 0 Å². The van der Waals surface area contributed by atoms with Gasteiger partial charge in [-0.1, -0.05) is 44.2 Å². The summed E-state index contributed by atoms with van der Waals surface area (Å²) >= 11 is 0. The fourth-order valence-electron chi connectivity index (χ4n) is 7.59. The molecule has 0 amide bonds. The van der Waals surface area contributed by atoms with Crippen LogP contribution in [0.1, 0.15) is 65.7 Å². The van der Waals surface area contributed by atoms with Crippen LogP contribution in [0.3, 0.4) is 0 Å². The van der Waals surface area contributed by atoms with Gasteiger partial charge in [-0.2, -0.15) is 0 Å². The molecule has 0 bridgehead atoms. The molecule has 3 saturated carbocycles. The Labute approximate surface area is 154 Å². The smallest absolute Gasteiger partial charge is 0.0346 e. The van der Waals surface area contributed by atoms with Crippen molar-refractivity contribution in [2.45, 2.75) is 65.7 Å². The summed E-state index contributed by atoms with van der Waals surface area (Å²) in [7, 11) is 0. The average Bonchev–Trinajstić information content (AvgIpc) is 2.92. The van der Waals surface area contributed by atoms with Crippen molar-refractivity contribution >= 4 is 0 Å². The predicted octanol–water partition coefficient (Wildman–Crippen LogP) is 6.15. The van der Waals surface area contributed by atoms with Crippen LogP contribution in [0.2, 0.25) is 0 Å². The van der Waals surface area contributed by atoms with Gasteiger partial charge in [-0.25, -0.2) is 0 Å². The van der Waals surface area contributed by atoms with E-state index in [1.165, 1.54) is 49.7 Å². The molecule has 0 aromatic heterocycles. The number of nitrogens with two attached hydrogens (primary N) is 1. The second-order valence-corrected chi connectivity index (χ2v) is 9.88. The first-order valence-corrected chi connectivity index (χ1v) is 10.3. The second-order valence-electron chi connectivity index (χ2n) is 9.88. The van der Waals surface area contributed by atoms with Crippen LogP contribution in [-0.4, -0.2) is 0 Å². The van der Waals surface area contributed by atoms with Gasteiger partial charge in [0, 0.05) is 5.70 Å². The van der Waals surface area contributed by atoms with Gasteiger partial charge in [-0.05, 0) is 98.0 Å². The summed E-state index contributed by atoms with van der Waals surface area (Å²) in [5.74, 6) is 3.34. The van der Waals surface area contributed by atoms with E-state index in [0.717, 1.165) is 35.8 Å². The zero-order valence-electron chi connectivity index (χ0n) is 16.4. The highest BCUT2D eigenvalue weighted by molar-refractivity contribution is 5.42. The maximum atomic E-state index is 6.30. The summed E-state index contributed by atoms with van der Waals surface area (Å²) < 4.78 is 0. The van der Waals surface area contributed by atoms with E-state index >= 15 is 0 Å². The Bertz CT molecular complexity index is 680. The molecule has 4 aliphatic rings. The first-order chi connectivity index (χ1) is 11.8. The Morgan fingerprint density at radius 3 is 2.64 bits per heavy atom. The van der Waals surface area contributed by atoms with Crippen molar-refractivity contribution < 1.29 is 0 Å². The molecule has 136 valence electrons. The third-order valence-electron chi connectivity index (χ3n) is 8.84. The van der Waals surface area contributed by atoms with Gasteiger partial charge in [0.25, 0.3) is 0 Å². The molecule has 1 heteroatoms. The van der Waals surface area contributed by atoms with Gasteiger partial charge in [0.15, 0.2) is 0 Å². The molecule has 0 aromatic rings. The van der Waals surface area contributed by atoms with Gasteiger partial charge in [-0.15, -0.1) is 0 Å². The van der Waals surface area contributed by atoms with Crippen molar-refractivity contribution in [3.63, 3.8) is 0 Å². The fraction of sp³-hybridized carbons (Fsp3) is 0.667. The highest BCUT2D eigenvalue weighted by Gasteiger charge is 2.58. The van der Waals surface area contributed by atoms with Gasteiger partial charge in [0.2, 0.25) is 0 Å². The third kappa shape index (κ3) is 2.27. The summed E-state index contributed by atoms with van der Waals surface area (Å²) in [5.41, 5.74) is 12.4. The van der Waals surface area contributed by atoms with Crippen LogP contribution < -0.4 is 5.73 Å². The standard InChI is InChI=1S/C24H35N/c1-6-16-14-24(5)17(13-22(16)25)7-8-18-20-10-9-19(15(2)3)23(20,4)12-11-21(18)24/h6,13,18-21H,1-2,7-12,14,25H2,3-5H3. The molecule has 3 fully saturated rings. The first-order valence-electron chi connectivity index (χ1n) is 10.3. The van der Waals surface area contributed by atoms with Crippen molar-refractivity contribution in [3.8, 4) is 0 Å². The maximum absolute atomic E-state index is 6.30. The number of hydrogen-bond donors (Lipinski definition) is 1. The highest BCUT2D eigenvalue weighted by Crippen LogP contribution is 2.67. The molecule has 0 aromatic carbocycles. The van der Waals surface area contributed by atoms with E-state index in [2.05, 4.69) is 40.0 Å².